The van der Waals surface area contributed by atoms with Crippen molar-refractivity contribution in [2.24, 2.45) is 0 Å². The standard InChI is InChI=1S/C10H8N4O3/c15-9-7-8(12-14-10(7)16)6(11-13-9)3-5-1-2-17-4-5/h1-2,4H,3H2,(H,13,15)(H2,12,14,16). The second-order valence-electron chi connectivity index (χ2n) is 3.61. The first-order chi connectivity index (χ1) is 8.25. The number of rotatable bonds is 2. The Morgan fingerprint density at radius 2 is 2.24 bits per heavy atom. The molecule has 7 heteroatoms. The molecule has 0 fully saturated rings. The highest BCUT2D eigenvalue weighted by molar-refractivity contribution is 5.84. The smallest absolute Gasteiger partial charge is 0.277 e. The summed E-state index contributed by atoms with van der Waals surface area (Å²) in [7, 11) is 0. The van der Waals surface area contributed by atoms with Gasteiger partial charge in [-0.2, -0.15) is 0 Å². The van der Waals surface area contributed by atoms with Crippen molar-refractivity contribution in [2.75, 3.05) is 0 Å². The molecule has 3 rings (SSSR count). The second-order valence-corrected chi connectivity index (χ2v) is 3.61. The third kappa shape index (κ3) is 1.48. The summed E-state index contributed by atoms with van der Waals surface area (Å²) >= 11 is 0. The molecule has 0 aromatic carbocycles. The van der Waals surface area contributed by atoms with E-state index in [9.17, 15) is 9.90 Å². The lowest BCUT2D eigenvalue weighted by Crippen LogP contribution is -2.01. The maximum absolute atomic E-state index is 11.4. The van der Waals surface area contributed by atoms with Gasteiger partial charge in [0.15, 0.2) is 0 Å². The molecule has 0 bridgehead atoms. The van der Waals surface area contributed by atoms with Gasteiger partial charge in [-0.3, -0.25) is 15.0 Å². The Morgan fingerprint density at radius 3 is 3.00 bits per heavy atom. The number of H-pyrrole nitrogens is 2. The SMILES string of the molecule is O=c1[nH][nH]c2c(Cc3ccoc3)nnc(O)c12. The first-order valence-corrected chi connectivity index (χ1v) is 4.91. The van der Waals surface area contributed by atoms with Gasteiger partial charge in [-0.05, 0) is 11.6 Å². The van der Waals surface area contributed by atoms with Crippen LogP contribution in [-0.4, -0.2) is 25.5 Å². The summed E-state index contributed by atoms with van der Waals surface area (Å²) in [6.07, 6.45) is 3.61. The molecule has 3 N–H and O–H groups in total. The fourth-order valence-corrected chi connectivity index (χ4v) is 1.71. The highest BCUT2D eigenvalue weighted by Crippen LogP contribution is 2.20. The number of aromatic amines is 2. The molecule has 0 amide bonds. The molecule has 0 aliphatic heterocycles. The molecule has 17 heavy (non-hydrogen) atoms. The molecule has 0 spiro atoms. The predicted octanol–water partition coefficient (Wildman–Crippen LogP) is 0.536. The lowest BCUT2D eigenvalue weighted by molar-refractivity contribution is 0.451. The van der Waals surface area contributed by atoms with Crippen LogP contribution in [0, 0.1) is 0 Å². The first kappa shape index (κ1) is 9.64. The van der Waals surface area contributed by atoms with E-state index in [1.807, 2.05) is 0 Å². The van der Waals surface area contributed by atoms with E-state index >= 15 is 0 Å². The van der Waals surface area contributed by atoms with E-state index in [0.29, 0.717) is 17.6 Å². The second kappa shape index (κ2) is 3.48. The number of aromatic nitrogens is 4. The molecule has 0 atom stereocenters. The zero-order valence-electron chi connectivity index (χ0n) is 8.60. The summed E-state index contributed by atoms with van der Waals surface area (Å²) in [6.45, 7) is 0. The Kier molecular flexibility index (Phi) is 1.97. The van der Waals surface area contributed by atoms with Crippen molar-refractivity contribution in [1.29, 1.82) is 0 Å². The molecule has 3 heterocycles. The van der Waals surface area contributed by atoms with Crippen molar-refractivity contribution in [1.82, 2.24) is 20.4 Å². The van der Waals surface area contributed by atoms with Gasteiger partial charge in [0.05, 0.1) is 23.7 Å². The van der Waals surface area contributed by atoms with Crippen molar-refractivity contribution in [2.45, 2.75) is 6.42 Å². The minimum atomic E-state index is -0.416. The summed E-state index contributed by atoms with van der Waals surface area (Å²) in [5, 5.41) is 22.1. The van der Waals surface area contributed by atoms with Crippen LogP contribution in [-0.2, 0) is 6.42 Å². The Bertz CT molecular complexity index is 711. The van der Waals surface area contributed by atoms with Crippen LogP contribution in [0.5, 0.6) is 5.88 Å². The lowest BCUT2D eigenvalue weighted by atomic mass is 10.1. The van der Waals surface area contributed by atoms with Crippen molar-refractivity contribution >= 4 is 10.9 Å². The normalized spacial score (nSPS) is 11.1. The fourth-order valence-electron chi connectivity index (χ4n) is 1.71. The molecule has 3 aromatic heterocycles. The van der Waals surface area contributed by atoms with E-state index in [-0.39, 0.29) is 11.3 Å². The molecule has 86 valence electrons. The van der Waals surface area contributed by atoms with E-state index in [1.54, 1.807) is 18.6 Å². The zero-order chi connectivity index (χ0) is 11.8. The molecule has 0 saturated carbocycles. The van der Waals surface area contributed by atoms with Crippen molar-refractivity contribution in [3.8, 4) is 5.88 Å². The average Bonchev–Trinajstić information content (AvgIpc) is 2.93. The summed E-state index contributed by atoms with van der Waals surface area (Å²) in [5.74, 6) is -0.376. The minimum absolute atomic E-state index is 0.124. The summed E-state index contributed by atoms with van der Waals surface area (Å²) in [4.78, 5) is 11.4. The van der Waals surface area contributed by atoms with E-state index in [0.717, 1.165) is 5.56 Å². The van der Waals surface area contributed by atoms with Crippen LogP contribution in [0.15, 0.2) is 27.8 Å². The number of hydrogen-bond donors (Lipinski definition) is 3. The Balaban J connectivity index is 2.18. The van der Waals surface area contributed by atoms with Crippen molar-refractivity contribution in [3.63, 3.8) is 0 Å². The van der Waals surface area contributed by atoms with Gasteiger partial charge in [0.1, 0.15) is 5.39 Å². The fraction of sp³-hybridized carbons (Fsp3) is 0.100. The quantitative estimate of drug-likeness (QED) is 0.597. The van der Waals surface area contributed by atoms with Gasteiger partial charge in [0, 0.05) is 6.42 Å². The van der Waals surface area contributed by atoms with Gasteiger partial charge < -0.3 is 9.52 Å². The number of hydrogen-bond acceptors (Lipinski definition) is 5. The van der Waals surface area contributed by atoms with E-state index < -0.39 is 5.56 Å². The third-order valence-corrected chi connectivity index (χ3v) is 2.51. The molecule has 0 saturated heterocycles. The highest BCUT2D eigenvalue weighted by Gasteiger charge is 2.14. The first-order valence-electron chi connectivity index (χ1n) is 4.91. The van der Waals surface area contributed by atoms with Gasteiger partial charge in [0.25, 0.3) is 5.56 Å². The van der Waals surface area contributed by atoms with Gasteiger partial charge in [-0.15, -0.1) is 10.2 Å². The molecular formula is C10H8N4O3. The molecule has 0 aliphatic carbocycles. The maximum atomic E-state index is 11.4. The number of aromatic hydroxyl groups is 1. The largest absolute Gasteiger partial charge is 0.492 e. The molecule has 0 radical (unpaired) electrons. The average molecular weight is 232 g/mol. The van der Waals surface area contributed by atoms with Gasteiger partial charge in [-0.25, -0.2) is 0 Å². The monoisotopic (exact) mass is 232 g/mol. The topological polar surface area (TPSA) is 108 Å². The maximum Gasteiger partial charge on any atom is 0.277 e. The summed E-state index contributed by atoms with van der Waals surface area (Å²) in [6, 6.07) is 1.80. The Labute approximate surface area is 94.1 Å². The molecule has 0 aliphatic rings. The van der Waals surface area contributed by atoms with Crippen LogP contribution in [0.2, 0.25) is 0 Å². The summed E-state index contributed by atoms with van der Waals surface area (Å²) in [5.41, 5.74) is 1.52. The molecule has 7 nitrogen and oxygen atoms in total. The predicted molar refractivity (Wildman–Crippen MR) is 57.7 cm³/mol. The third-order valence-electron chi connectivity index (χ3n) is 2.51. The van der Waals surface area contributed by atoms with Gasteiger partial charge >= 0.3 is 0 Å². The van der Waals surface area contributed by atoms with Crippen LogP contribution < -0.4 is 5.56 Å². The number of fused-ring (bicyclic) bond motifs is 1. The van der Waals surface area contributed by atoms with E-state index in [2.05, 4.69) is 20.4 Å². The van der Waals surface area contributed by atoms with Crippen molar-refractivity contribution < 1.29 is 9.52 Å². The van der Waals surface area contributed by atoms with Gasteiger partial charge in [0.2, 0.25) is 5.88 Å². The van der Waals surface area contributed by atoms with Crippen LogP contribution in [0.3, 0.4) is 0 Å². The number of nitrogens with one attached hydrogen (secondary N) is 2. The number of furan rings is 1. The molecule has 0 unspecified atom stereocenters. The number of nitrogens with zero attached hydrogens (tertiary/aromatic N) is 2. The zero-order valence-corrected chi connectivity index (χ0v) is 8.60. The van der Waals surface area contributed by atoms with E-state index in [4.69, 9.17) is 4.42 Å². The molecular weight excluding hydrogens is 224 g/mol. The van der Waals surface area contributed by atoms with E-state index in [1.165, 1.54) is 0 Å². The van der Waals surface area contributed by atoms with Crippen LogP contribution in [0.25, 0.3) is 10.9 Å². The Hall–Kier alpha value is -2.57. The lowest BCUT2D eigenvalue weighted by Gasteiger charge is -1.99. The minimum Gasteiger partial charge on any atom is -0.492 e. The Morgan fingerprint density at radius 1 is 1.35 bits per heavy atom. The van der Waals surface area contributed by atoms with Crippen LogP contribution in [0.1, 0.15) is 11.3 Å². The van der Waals surface area contributed by atoms with Gasteiger partial charge in [-0.1, -0.05) is 0 Å². The van der Waals surface area contributed by atoms with Crippen LogP contribution in [0.4, 0.5) is 0 Å². The highest BCUT2D eigenvalue weighted by atomic mass is 16.3. The molecule has 3 aromatic rings. The summed E-state index contributed by atoms with van der Waals surface area (Å²) < 4.78 is 4.95. The van der Waals surface area contributed by atoms with Crippen molar-refractivity contribution in [3.05, 3.63) is 40.2 Å². The van der Waals surface area contributed by atoms with Crippen LogP contribution >= 0.6 is 0 Å².